The Morgan fingerprint density at radius 1 is 1.24 bits per heavy atom. The third-order valence-electron chi connectivity index (χ3n) is 3.80. The van der Waals surface area contributed by atoms with Crippen molar-refractivity contribution in [3.05, 3.63) is 24.3 Å². The largest absolute Gasteiger partial charge is 0.471 e. The lowest BCUT2D eigenvalue weighted by atomic mass is 10.1. The van der Waals surface area contributed by atoms with Gasteiger partial charge in [-0.05, 0) is 44.2 Å². The van der Waals surface area contributed by atoms with E-state index in [1.54, 1.807) is 12.4 Å². The second-order valence-electron chi connectivity index (χ2n) is 5.47. The Morgan fingerprint density at radius 3 is 2.36 bits per heavy atom. The highest BCUT2D eigenvalue weighted by molar-refractivity contribution is 7.89. The van der Waals surface area contributed by atoms with Gasteiger partial charge in [-0.2, -0.15) is 17.5 Å². The number of benzene rings is 1. The first-order chi connectivity index (χ1) is 11.1. The molecule has 0 bridgehead atoms. The molecule has 1 unspecified atom stereocenters. The van der Waals surface area contributed by atoms with Crippen LogP contribution in [-0.4, -0.2) is 51.0 Å². The van der Waals surface area contributed by atoms with Crippen molar-refractivity contribution in [1.82, 2.24) is 9.62 Å². The van der Waals surface area contributed by atoms with E-state index in [1.807, 2.05) is 0 Å². The smallest absolute Gasteiger partial charge is 0.318 e. The third-order valence-corrected chi connectivity index (χ3v) is 5.68. The van der Waals surface area contributed by atoms with Crippen LogP contribution in [0.5, 0.6) is 0 Å². The summed E-state index contributed by atoms with van der Waals surface area (Å²) in [5.74, 6) is -2.11. The fourth-order valence-electron chi connectivity index (χ4n) is 2.46. The molecule has 0 saturated carbocycles. The Morgan fingerprint density at radius 2 is 1.84 bits per heavy atom. The van der Waals surface area contributed by atoms with E-state index in [0.717, 1.165) is 25.0 Å². The number of hydrogen-bond donors (Lipinski definition) is 2. The highest BCUT2D eigenvalue weighted by atomic mass is 35.5. The summed E-state index contributed by atoms with van der Waals surface area (Å²) in [6.07, 6.45) is -3.39. The van der Waals surface area contributed by atoms with Crippen molar-refractivity contribution in [3.63, 3.8) is 0 Å². The summed E-state index contributed by atoms with van der Waals surface area (Å²) in [5, 5.41) is 4.72. The van der Waals surface area contributed by atoms with Crippen LogP contribution >= 0.6 is 12.4 Å². The van der Waals surface area contributed by atoms with Crippen molar-refractivity contribution in [1.29, 1.82) is 0 Å². The molecule has 1 heterocycles. The maximum Gasteiger partial charge on any atom is 0.471 e. The van der Waals surface area contributed by atoms with Crippen molar-refractivity contribution < 1.29 is 26.4 Å². The topological polar surface area (TPSA) is 78.5 Å². The SMILES string of the molecule is CNC1CCCN(S(=O)(=O)c2ccc(NC(=O)C(F)(F)F)cc2)C1.Cl. The quantitative estimate of drug-likeness (QED) is 0.808. The number of amides is 1. The molecule has 2 rings (SSSR count). The number of nitrogens with one attached hydrogen (secondary N) is 2. The number of piperidine rings is 1. The standard InChI is InChI=1S/C14H18F3N3O3S.ClH/c1-18-11-3-2-8-20(9-11)24(22,23)12-6-4-10(5-7-12)19-13(21)14(15,16)17;/h4-7,11,18H,2-3,8-9H2,1H3,(H,19,21);1H. The normalized spacial score (nSPS) is 19.1. The Labute approximate surface area is 150 Å². The second-order valence-corrected chi connectivity index (χ2v) is 7.41. The molecule has 1 saturated heterocycles. The number of rotatable bonds is 4. The zero-order chi connectivity index (χ0) is 18.0. The first-order valence-corrected chi connectivity index (χ1v) is 8.74. The van der Waals surface area contributed by atoms with Gasteiger partial charge < -0.3 is 10.6 Å². The second kappa shape index (κ2) is 8.35. The predicted octanol–water partition coefficient (Wildman–Crippen LogP) is 1.98. The van der Waals surface area contributed by atoms with Gasteiger partial charge in [-0.25, -0.2) is 8.42 Å². The van der Waals surface area contributed by atoms with Crippen molar-refractivity contribution in [2.24, 2.45) is 0 Å². The molecule has 11 heteroatoms. The Hall–Kier alpha value is -1.36. The van der Waals surface area contributed by atoms with Gasteiger partial charge in [0.15, 0.2) is 0 Å². The number of halogens is 4. The van der Waals surface area contributed by atoms with Crippen LogP contribution in [0, 0.1) is 0 Å². The molecule has 0 aliphatic carbocycles. The Balaban J connectivity index is 0.00000312. The minimum Gasteiger partial charge on any atom is -0.318 e. The first kappa shape index (κ1) is 21.7. The molecule has 0 radical (unpaired) electrons. The van der Waals surface area contributed by atoms with Crippen LogP contribution in [0.15, 0.2) is 29.2 Å². The molecule has 1 amide bonds. The van der Waals surface area contributed by atoms with Gasteiger partial charge in [-0.1, -0.05) is 0 Å². The molecule has 1 aliphatic rings. The number of alkyl halides is 3. The number of sulfonamides is 1. The van der Waals surface area contributed by atoms with E-state index in [4.69, 9.17) is 0 Å². The fraction of sp³-hybridized carbons (Fsp3) is 0.500. The minimum atomic E-state index is -5.00. The van der Waals surface area contributed by atoms with E-state index in [2.05, 4.69) is 5.32 Å². The first-order valence-electron chi connectivity index (χ1n) is 7.30. The van der Waals surface area contributed by atoms with Gasteiger partial charge in [0.25, 0.3) is 0 Å². The van der Waals surface area contributed by atoms with Crippen molar-refractivity contribution in [2.45, 2.75) is 30.0 Å². The van der Waals surface area contributed by atoms with Crippen LogP contribution in [0.2, 0.25) is 0 Å². The number of nitrogens with zero attached hydrogens (tertiary/aromatic N) is 1. The van der Waals surface area contributed by atoms with E-state index in [-0.39, 0.29) is 29.0 Å². The van der Waals surface area contributed by atoms with Gasteiger partial charge in [0.2, 0.25) is 10.0 Å². The molecule has 2 N–H and O–H groups in total. The van der Waals surface area contributed by atoms with Gasteiger partial charge in [-0.3, -0.25) is 4.79 Å². The molecule has 1 atom stereocenters. The number of hydrogen-bond acceptors (Lipinski definition) is 4. The number of likely N-dealkylation sites (N-methyl/N-ethyl adjacent to an activating group) is 1. The van der Waals surface area contributed by atoms with Crippen LogP contribution in [0.1, 0.15) is 12.8 Å². The van der Waals surface area contributed by atoms with Gasteiger partial charge in [-0.15, -0.1) is 12.4 Å². The molecule has 1 aromatic rings. The Bertz CT molecular complexity index is 696. The summed E-state index contributed by atoms with van der Waals surface area (Å²) in [7, 11) is -1.96. The summed E-state index contributed by atoms with van der Waals surface area (Å²) < 4.78 is 63.1. The molecule has 0 aromatic heterocycles. The molecule has 25 heavy (non-hydrogen) atoms. The summed E-state index contributed by atoms with van der Waals surface area (Å²) in [6, 6.07) is 4.71. The minimum absolute atomic E-state index is 0. The Kier molecular flexibility index (Phi) is 7.24. The number of carbonyl (C=O) groups excluding carboxylic acids is 1. The zero-order valence-electron chi connectivity index (χ0n) is 13.3. The lowest BCUT2D eigenvalue weighted by molar-refractivity contribution is -0.167. The number of anilines is 1. The van der Waals surface area contributed by atoms with E-state index in [9.17, 15) is 26.4 Å². The molecule has 1 aliphatic heterocycles. The summed E-state index contributed by atoms with van der Waals surface area (Å²) >= 11 is 0. The molecule has 1 fully saturated rings. The van der Waals surface area contributed by atoms with Crippen LogP contribution in [0.4, 0.5) is 18.9 Å². The monoisotopic (exact) mass is 401 g/mol. The summed E-state index contributed by atoms with van der Waals surface area (Å²) in [5.41, 5.74) is -0.122. The van der Waals surface area contributed by atoms with E-state index < -0.39 is 22.1 Å². The highest BCUT2D eigenvalue weighted by Gasteiger charge is 2.38. The summed E-state index contributed by atoms with van der Waals surface area (Å²) in [4.78, 5) is 10.8. The van der Waals surface area contributed by atoms with Crippen LogP contribution in [0.25, 0.3) is 0 Å². The van der Waals surface area contributed by atoms with Gasteiger partial charge >= 0.3 is 12.1 Å². The third kappa shape index (κ3) is 5.30. The maximum absolute atomic E-state index is 12.6. The average molecular weight is 402 g/mol. The van der Waals surface area contributed by atoms with Crippen LogP contribution < -0.4 is 10.6 Å². The fourth-order valence-corrected chi connectivity index (χ4v) is 3.98. The highest BCUT2D eigenvalue weighted by Crippen LogP contribution is 2.23. The van der Waals surface area contributed by atoms with E-state index in [0.29, 0.717) is 13.1 Å². The molecular formula is C14H19ClF3N3O3S. The average Bonchev–Trinajstić information content (AvgIpc) is 2.54. The zero-order valence-corrected chi connectivity index (χ0v) is 15.0. The van der Waals surface area contributed by atoms with Gasteiger partial charge in [0.05, 0.1) is 4.90 Å². The molecule has 6 nitrogen and oxygen atoms in total. The van der Waals surface area contributed by atoms with Gasteiger partial charge in [0, 0.05) is 24.8 Å². The van der Waals surface area contributed by atoms with E-state index in [1.165, 1.54) is 16.4 Å². The van der Waals surface area contributed by atoms with Gasteiger partial charge in [0.1, 0.15) is 0 Å². The van der Waals surface area contributed by atoms with Crippen molar-refractivity contribution in [3.8, 4) is 0 Å². The van der Waals surface area contributed by atoms with Crippen LogP contribution in [0.3, 0.4) is 0 Å². The lowest BCUT2D eigenvalue weighted by Gasteiger charge is -2.31. The molecule has 0 spiro atoms. The van der Waals surface area contributed by atoms with Crippen molar-refractivity contribution in [2.75, 3.05) is 25.5 Å². The summed E-state index contributed by atoms with van der Waals surface area (Å²) in [6.45, 7) is 0.735. The van der Waals surface area contributed by atoms with E-state index >= 15 is 0 Å². The molecule has 1 aromatic carbocycles. The van der Waals surface area contributed by atoms with Crippen LogP contribution in [-0.2, 0) is 14.8 Å². The molecule has 142 valence electrons. The van der Waals surface area contributed by atoms with Crippen molar-refractivity contribution >= 4 is 34.0 Å². The molecular weight excluding hydrogens is 383 g/mol. The lowest BCUT2D eigenvalue weighted by Crippen LogP contribution is -2.46. The maximum atomic E-state index is 12.6. The predicted molar refractivity (Wildman–Crippen MR) is 89.2 cm³/mol. The number of carbonyl (C=O) groups is 1.